The molecule has 0 bridgehead atoms. The molecule has 1 aromatic carbocycles. The Morgan fingerprint density at radius 1 is 1.10 bits per heavy atom. The summed E-state index contributed by atoms with van der Waals surface area (Å²) in [5, 5.41) is 2.46. The number of sulfone groups is 1. The monoisotopic (exact) mass is 451 g/mol. The van der Waals surface area contributed by atoms with Crippen LogP contribution < -0.4 is 5.32 Å². The van der Waals surface area contributed by atoms with Gasteiger partial charge in [-0.1, -0.05) is 32.0 Å². The van der Waals surface area contributed by atoms with Crippen LogP contribution in [0.3, 0.4) is 0 Å². The van der Waals surface area contributed by atoms with Crippen molar-refractivity contribution >= 4 is 27.7 Å². The molecule has 0 aliphatic carbocycles. The molecule has 168 valence electrons. The van der Waals surface area contributed by atoms with E-state index in [-0.39, 0.29) is 22.1 Å². The maximum Gasteiger partial charge on any atom is 0.375 e. The van der Waals surface area contributed by atoms with Crippen LogP contribution in [0.4, 0.5) is 0 Å². The van der Waals surface area contributed by atoms with E-state index < -0.39 is 46.1 Å². The summed E-state index contributed by atoms with van der Waals surface area (Å²) in [7, 11) is -2.50. The van der Waals surface area contributed by atoms with E-state index in [1.54, 1.807) is 18.2 Å². The molecule has 1 N–H and O–H groups in total. The first-order valence-corrected chi connectivity index (χ1v) is 11.2. The number of methoxy groups -OCH3 is 1. The summed E-state index contributed by atoms with van der Waals surface area (Å²) >= 11 is 0. The topological polar surface area (TPSA) is 129 Å². The smallest absolute Gasteiger partial charge is 0.375 e. The first-order valence-electron chi connectivity index (χ1n) is 9.52. The van der Waals surface area contributed by atoms with Crippen LogP contribution in [-0.2, 0) is 34.7 Å². The van der Waals surface area contributed by atoms with Crippen molar-refractivity contribution in [3.63, 3.8) is 0 Å². The highest BCUT2D eigenvalue weighted by Crippen LogP contribution is 2.20. The summed E-state index contributed by atoms with van der Waals surface area (Å²) in [5.41, 5.74) is 0.113. The van der Waals surface area contributed by atoms with Crippen molar-refractivity contribution in [3.8, 4) is 0 Å². The van der Waals surface area contributed by atoms with E-state index in [2.05, 4.69) is 10.1 Å². The van der Waals surface area contributed by atoms with Gasteiger partial charge in [0.1, 0.15) is 6.04 Å². The van der Waals surface area contributed by atoms with Crippen molar-refractivity contribution < 1.29 is 36.7 Å². The standard InChI is InChI=1S/C21H25NO8S/c1-14(2)11-17(20(24)28-3)22-18(23)12-30-21(25)19-15(9-10-29-19)13-31(26,27)16-7-5-4-6-8-16/h4-10,14,17H,11-13H2,1-3H3,(H,22,23). The Labute approximate surface area is 180 Å². The van der Waals surface area contributed by atoms with Crippen LogP contribution >= 0.6 is 0 Å². The Bertz CT molecular complexity index is 1010. The fraction of sp³-hybridized carbons (Fsp3) is 0.381. The predicted molar refractivity (Wildman–Crippen MR) is 110 cm³/mol. The summed E-state index contributed by atoms with van der Waals surface area (Å²) in [6, 6.07) is 8.27. The van der Waals surface area contributed by atoms with Gasteiger partial charge in [-0.2, -0.15) is 0 Å². The Morgan fingerprint density at radius 2 is 1.77 bits per heavy atom. The largest absolute Gasteiger partial charge is 0.467 e. The van der Waals surface area contributed by atoms with Gasteiger partial charge in [0.25, 0.3) is 5.91 Å². The van der Waals surface area contributed by atoms with Crippen molar-refractivity contribution in [1.82, 2.24) is 5.32 Å². The molecule has 1 atom stereocenters. The fourth-order valence-corrected chi connectivity index (χ4v) is 4.18. The van der Waals surface area contributed by atoms with E-state index in [4.69, 9.17) is 9.15 Å². The molecule has 2 rings (SSSR count). The molecule has 31 heavy (non-hydrogen) atoms. The molecule has 0 spiro atoms. The zero-order chi connectivity index (χ0) is 23.0. The lowest BCUT2D eigenvalue weighted by Crippen LogP contribution is -2.44. The number of furan rings is 1. The SMILES string of the molecule is COC(=O)C(CC(C)C)NC(=O)COC(=O)c1occc1CS(=O)(=O)c1ccccc1. The molecule has 9 nitrogen and oxygen atoms in total. The van der Waals surface area contributed by atoms with Gasteiger partial charge >= 0.3 is 11.9 Å². The van der Waals surface area contributed by atoms with E-state index in [1.165, 1.54) is 31.6 Å². The number of carbonyl (C=O) groups is 3. The zero-order valence-electron chi connectivity index (χ0n) is 17.5. The molecule has 0 fully saturated rings. The number of esters is 2. The third-order valence-corrected chi connectivity index (χ3v) is 5.92. The van der Waals surface area contributed by atoms with Gasteiger partial charge in [-0.3, -0.25) is 4.79 Å². The van der Waals surface area contributed by atoms with Crippen molar-refractivity contribution in [3.05, 3.63) is 54.0 Å². The molecular formula is C21H25NO8S. The number of carbonyl (C=O) groups excluding carboxylic acids is 3. The molecule has 1 aromatic heterocycles. The summed E-state index contributed by atoms with van der Waals surface area (Å²) in [5.74, 6) is -2.95. The quantitative estimate of drug-likeness (QED) is 0.544. The first kappa shape index (κ1) is 24.1. The van der Waals surface area contributed by atoms with Gasteiger partial charge in [0.15, 0.2) is 16.4 Å². The van der Waals surface area contributed by atoms with E-state index in [9.17, 15) is 22.8 Å². The number of benzene rings is 1. The second-order valence-electron chi connectivity index (χ2n) is 7.20. The Morgan fingerprint density at radius 3 is 2.39 bits per heavy atom. The van der Waals surface area contributed by atoms with E-state index in [0.717, 1.165) is 0 Å². The highest BCUT2D eigenvalue weighted by molar-refractivity contribution is 7.90. The minimum Gasteiger partial charge on any atom is -0.467 e. The molecule has 2 aromatic rings. The number of ether oxygens (including phenoxy) is 2. The van der Waals surface area contributed by atoms with Crippen LogP contribution in [0.5, 0.6) is 0 Å². The number of rotatable bonds is 10. The Balaban J connectivity index is 2.00. The summed E-state index contributed by atoms with van der Waals surface area (Å²) in [6.07, 6.45) is 1.52. The highest BCUT2D eigenvalue weighted by Gasteiger charge is 2.26. The molecular weight excluding hydrogens is 426 g/mol. The molecule has 0 saturated heterocycles. The number of nitrogens with one attached hydrogen (secondary N) is 1. The molecule has 0 radical (unpaired) electrons. The minimum atomic E-state index is -3.71. The summed E-state index contributed by atoms with van der Waals surface area (Å²) in [6.45, 7) is 3.09. The lowest BCUT2D eigenvalue weighted by molar-refractivity contribution is -0.145. The zero-order valence-corrected chi connectivity index (χ0v) is 18.3. The van der Waals surface area contributed by atoms with Crippen molar-refractivity contribution in [2.24, 2.45) is 5.92 Å². The molecule has 10 heteroatoms. The van der Waals surface area contributed by atoms with Gasteiger partial charge < -0.3 is 19.2 Å². The average molecular weight is 451 g/mol. The molecule has 0 saturated carbocycles. The lowest BCUT2D eigenvalue weighted by Gasteiger charge is -2.18. The lowest BCUT2D eigenvalue weighted by atomic mass is 10.0. The van der Waals surface area contributed by atoms with Crippen LogP contribution in [0.25, 0.3) is 0 Å². The van der Waals surface area contributed by atoms with Crippen LogP contribution in [-0.4, -0.2) is 46.0 Å². The summed E-state index contributed by atoms with van der Waals surface area (Å²) < 4.78 is 39.8. The fourth-order valence-electron chi connectivity index (χ4n) is 2.80. The Kier molecular flexibility index (Phi) is 8.38. The average Bonchev–Trinajstić information content (AvgIpc) is 3.18. The molecule has 1 heterocycles. The van der Waals surface area contributed by atoms with Crippen molar-refractivity contribution in [2.75, 3.05) is 13.7 Å². The van der Waals surface area contributed by atoms with E-state index in [1.807, 2.05) is 13.8 Å². The van der Waals surface area contributed by atoms with Gasteiger partial charge in [0.05, 0.1) is 24.0 Å². The maximum absolute atomic E-state index is 12.5. The van der Waals surface area contributed by atoms with Crippen LogP contribution in [0.2, 0.25) is 0 Å². The third-order valence-electron chi connectivity index (χ3n) is 4.24. The predicted octanol–water partition coefficient (Wildman–Crippen LogP) is 2.11. The molecule has 1 unspecified atom stereocenters. The first-order chi connectivity index (χ1) is 14.6. The van der Waals surface area contributed by atoms with Gasteiger partial charge in [-0.25, -0.2) is 18.0 Å². The normalized spacial score (nSPS) is 12.3. The van der Waals surface area contributed by atoms with Gasteiger partial charge in [0, 0.05) is 5.56 Å². The number of amides is 1. The number of hydrogen-bond acceptors (Lipinski definition) is 8. The van der Waals surface area contributed by atoms with Crippen LogP contribution in [0, 0.1) is 5.92 Å². The van der Waals surface area contributed by atoms with Crippen LogP contribution in [0.15, 0.2) is 52.0 Å². The molecule has 0 aliphatic rings. The third kappa shape index (κ3) is 6.95. The second kappa shape index (κ2) is 10.8. The summed E-state index contributed by atoms with van der Waals surface area (Å²) in [4.78, 5) is 36.3. The van der Waals surface area contributed by atoms with E-state index in [0.29, 0.717) is 6.42 Å². The van der Waals surface area contributed by atoms with Crippen molar-refractivity contribution in [1.29, 1.82) is 0 Å². The van der Waals surface area contributed by atoms with Gasteiger partial charge in [0.2, 0.25) is 5.76 Å². The Hall–Kier alpha value is -3.14. The highest BCUT2D eigenvalue weighted by atomic mass is 32.2. The van der Waals surface area contributed by atoms with Crippen LogP contribution in [0.1, 0.15) is 36.4 Å². The second-order valence-corrected chi connectivity index (χ2v) is 9.19. The molecule has 1 amide bonds. The minimum absolute atomic E-state index is 0.105. The van der Waals surface area contributed by atoms with Gasteiger partial charge in [-0.05, 0) is 30.5 Å². The number of hydrogen-bond donors (Lipinski definition) is 1. The maximum atomic E-state index is 12.5. The van der Waals surface area contributed by atoms with E-state index >= 15 is 0 Å². The molecule has 0 aliphatic heterocycles. The van der Waals surface area contributed by atoms with Gasteiger partial charge in [-0.15, -0.1) is 0 Å². The van der Waals surface area contributed by atoms with Crippen molar-refractivity contribution in [2.45, 2.75) is 37.0 Å².